The molecular weight excluding hydrogens is 316 g/mol. The molecule has 0 unspecified atom stereocenters. The Bertz CT molecular complexity index is 581. The Balaban J connectivity index is 2.46. The third-order valence-electron chi connectivity index (χ3n) is 2.65. The summed E-state index contributed by atoms with van der Waals surface area (Å²) in [6, 6.07) is 2.10. The van der Waals surface area contributed by atoms with E-state index < -0.39 is 27.9 Å². The molecule has 0 radical (unpaired) electrons. The van der Waals surface area contributed by atoms with Crippen molar-refractivity contribution < 1.29 is 23.1 Å². The van der Waals surface area contributed by atoms with Crippen LogP contribution in [0.15, 0.2) is 21.7 Å². The van der Waals surface area contributed by atoms with E-state index in [-0.39, 0.29) is 23.1 Å². The summed E-state index contributed by atoms with van der Waals surface area (Å²) in [5.74, 6) is -1.88. The first-order chi connectivity index (χ1) is 9.74. The van der Waals surface area contributed by atoms with Gasteiger partial charge in [-0.3, -0.25) is 4.79 Å². The maximum absolute atomic E-state index is 11.8. The van der Waals surface area contributed by atoms with E-state index in [9.17, 15) is 18.0 Å². The smallest absolute Gasteiger partial charge is 0.326 e. The van der Waals surface area contributed by atoms with Crippen LogP contribution in [0, 0.1) is 5.92 Å². The van der Waals surface area contributed by atoms with Crippen LogP contribution in [0.2, 0.25) is 0 Å². The van der Waals surface area contributed by atoms with Crippen LogP contribution in [-0.2, 0) is 19.6 Å². The highest BCUT2D eigenvalue weighted by Crippen LogP contribution is 2.14. The molecule has 21 heavy (non-hydrogen) atoms. The third kappa shape index (κ3) is 5.44. The van der Waals surface area contributed by atoms with Crippen LogP contribution in [0.3, 0.4) is 0 Å². The summed E-state index contributed by atoms with van der Waals surface area (Å²) in [6.45, 7) is 3.27. The van der Waals surface area contributed by atoms with E-state index in [2.05, 4.69) is 10.0 Å². The number of nitrogens with one attached hydrogen (secondary N) is 2. The fourth-order valence-corrected chi connectivity index (χ4v) is 3.61. The third-order valence-corrected chi connectivity index (χ3v) is 5.51. The molecule has 118 valence electrons. The van der Waals surface area contributed by atoms with Crippen molar-refractivity contribution >= 4 is 33.2 Å². The number of rotatable bonds is 8. The van der Waals surface area contributed by atoms with Crippen molar-refractivity contribution in [2.24, 2.45) is 5.92 Å². The zero-order chi connectivity index (χ0) is 16.0. The lowest BCUT2D eigenvalue weighted by molar-refractivity contribution is -0.143. The first kappa shape index (κ1) is 17.6. The summed E-state index contributed by atoms with van der Waals surface area (Å²) in [6.07, 6.45) is -0.124. The molecule has 3 N–H and O–H groups in total. The van der Waals surface area contributed by atoms with Gasteiger partial charge in [-0.05, 0) is 17.4 Å². The minimum absolute atomic E-state index is 0.0868. The SMILES string of the molecule is CC(C)[C@H](NC(=O)CCNS(=O)(=O)c1cccs1)C(=O)O. The largest absolute Gasteiger partial charge is 0.480 e. The van der Waals surface area contributed by atoms with E-state index in [0.29, 0.717) is 0 Å². The van der Waals surface area contributed by atoms with Gasteiger partial charge in [0, 0.05) is 13.0 Å². The highest BCUT2D eigenvalue weighted by atomic mass is 32.2. The van der Waals surface area contributed by atoms with E-state index in [0.717, 1.165) is 11.3 Å². The average Bonchev–Trinajstić information content (AvgIpc) is 2.89. The van der Waals surface area contributed by atoms with Gasteiger partial charge in [-0.25, -0.2) is 17.9 Å². The Morgan fingerprint density at radius 3 is 2.52 bits per heavy atom. The number of carboxylic acid groups (broad SMARTS) is 1. The van der Waals surface area contributed by atoms with Crippen molar-refractivity contribution in [3.8, 4) is 0 Å². The van der Waals surface area contributed by atoms with Gasteiger partial charge < -0.3 is 10.4 Å². The molecule has 1 heterocycles. The van der Waals surface area contributed by atoms with Gasteiger partial charge in [-0.1, -0.05) is 19.9 Å². The molecule has 9 heteroatoms. The molecule has 0 aliphatic rings. The molecule has 0 aliphatic carbocycles. The van der Waals surface area contributed by atoms with Crippen LogP contribution in [0.1, 0.15) is 20.3 Å². The summed E-state index contributed by atoms with van der Waals surface area (Å²) in [5, 5.41) is 13.0. The molecule has 1 aromatic heterocycles. The summed E-state index contributed by atoms with van der Waals surface area (Å²) in [4.78, 5) is 22.6. The number of carbonyl (C=O) groups is 2. The average molecular weight is 334 g/mol. The molecule has 1 aromatic rings. The number of amides is 1. The van der Waals surface area contributed by atoms with Gasteiger partial charge in [0.15, 0.2) is 0 Å². The zero-order valence-corrected chi connectivity index (χ0v) is 13.3. The maximum atomic E-state index is 11.8. The number of aliphatic carboxylic acids is 1. The number of sulfonamides is 1. The predicted octanol–water partition coefficient (Wildman–Crippen LogP) is 0.642. The Hall–Kier alpha value is -1.45. The molecule has 1 atom stereocenters. The molecule has 1 rings (SSSR count). The summed E-state index contributed by atoms with van der Waals surface area (Å²) >= 11 is 1.08. The molecule has 0 aromatic carbocycles. The Labute approximate surface area is 127 Å². The lowest BCUT2D eigenvalue weighted by Gasteiger charge is -2.17. The number of thiophene rings is 1. The van der Waals surface area contributed by atoms with E-state index in [4.69, 9.17) is 5.11 Å². The molecule has 0 bridgehead atoms. The van der Waals surface area contributed by atoms with Crippen molar-refractivity contribution in [2.45, 2.75) is 30.5 Å². The minimum atomic E-state index is -3.60. The van der Waals surface area contributed by atoms with Crippen LogP contribution < -0.4 is 10.0 Å². The summed E-state index contributed by atoms with van der Waals surface area (Å²) in [7, 11) is -3.60. The lowest BCUT2D eigenvalue weighted by Crippen LogP contribution is -2.45. The van der Waals surface area contributed by atoms with Crippen LogP contribution in [0.4, 0.5) is 0 Å². The van der Waals surface area contributed by atoms with Gasteiger partial charge in [0.2, 0.25) is 15.9 Å². The van der Waals surface area contributed by atoms with Gasteiger partial charge in [0.1, 0.15) is 10.3 Å². The first-order valence-electron chi connectivity index (χ1n) is 6.29. The zero-order valence-electron chi connectivity index (χ0n) is 11.7. The van der Waals surface area contributed by atoms with Crippen LogP contribution in [0.5, 0.6) is 0 Å². The van der Waals surface area contributed by atoms with Crippen LogP contribution >= 0.6 is 11.3 Å². The Morgan fingerprint density at radius 1 is 1.38 bits per heavy atom. The standard InChI is InChI=1S/C12H18N2O5S2/c1-8(2)11(12(16)17)14-9(15)5-6-13-21(18,19)10-4-3-7-20-10/h3-4,7-8,11,13H,5-6H2,1-2H3,(H,14,15)(H,16,17)/t11-/m0/s1. The molecule has 0 fully saturated rings. The van der Waals surface area contributed by atoms with Crippen molar-refractivity contribution in [1.82, 2.24) is 10.0 Å². The molecule has 7 nitrogen and oxygen atoms in total. The summed E-state index contributed by atoms with van der Waals surface area (Å²) < 4.78 is 26.0. The second-order valence-electron chi connectivity index (χ2n) is 4.71. The normalized spacial score (nSPS) is 13.1. The molecule has 0 spiro atoms. The lowest BCUT2D eigenvalue weighted by atomic mass is 10.0. The topological polar surface area (TPSA) is 113 Å². The number of carbonyl (C=O) groups excluding carboxylic acids is 1. The van der Waals surface area contributed by atoms with Crippen molar-refractivity contribution in [3.05, 3.63) is 17.5 Å². The second-order valence-corrected chi connectivity index (χ2v) is 7.65. The molecule has 0 aliphatic heterocycles. The number of hydrogen-bond acceptors (Lipinski definition) is 5. The fourth-order valence-electron chi connectivity index (χ4n) is 1.55. The highest BCUT2D eigenvalue weighted by Gasteiger charge is 2.23. The van der Waals surface area contributed by atoms with E-state index in [1.807, 2.05) is 0 Å². The first-order valence-corrected chi connectivity index (χ1v) is 8.65. The fraction of sp³-hybridized carbons (Fsp3) is 0.500. The van der Waals surface area contributed by atoms with Gasteiger partial charge in [0.25, 0.3) is 0 Å². The number of hydrogen-bond donors (Lipinski definition) is 3. The molecule has 0 saturated carbocycles. The van der Waals surface area contributed by atoms with Crippen molar-refractivity contribution in [3.63, 3.8) is 0 Å². The van der Waals surface area contributed by atoms with E-state index >= 15 is 0 Å². The van der Waals surface area contributed by atoms with Gasteiger partial charge in [-0.15, -0.1) is 11.3 Å². The van der Waals surface area contributed by atoms with Gasteiger partial charge in [-0.2, -0.15) is 0 Å². The van der Waals surface area contributed by atoms with Gasteiger partial charge in [0.05, 0.1) is 0 Å². The summed E-state index contributed by atoms with van der Waals surface area (Å²) in [5.41, 5.74) is 0. The van der Waals surface area contributed by atoms with E-state index in [1.165, 1.54) is 6.07 Å². The quantitative estimate of drug-likeness (QED) is 0.646. The predicted molar refractivity (Wildman–Crippen MR) is 78.5 cm³/mol. The van der Waals surface area contributed by atoms with Crippen LogP contribution in [-0.4, -0.2) is 38.0 Å². The van der Waals surface area contributed by atoms with E-state index in [1.54, 1.807) is 25.3 Å². The maximum Gasteiger partial charge on any atom is 0.326 e. The number of carboxylic acids is 1. The van der Waals surface area contributed by atoms with Gasteiger partial charge >= 0.3 is 5.97 Å². The Kier molecular flexibility index (Phi) is 6.31. The minimum Gasteiger partial charge on any atom is -0.480 e. The molecule has 1 amide bonds. The Morgan fingerprint density at radius 2 is 2.05 bits per heavy atom. The van der Waals surface area contributed by atoms with Crippen molar-refractivity contribution in [2.75, 3.05) is 6.54 Å². The van der Waals surface area contributed by atoms with Crippen molar-refractivity contribution in [1.29, 1.82) is 0 Å². The monoisotopic (exact) mass is 334 g/mol. The molecule has 0 saturated heterocycles. The second kappa shape index (κ2) is 7.53. The van der Waals surface area contributed by atoms with Crippen LogP contribution in [0.25, 0.3) is 0 Å². The molecular formula is C12H18N2O5S2. The highest BCUT2D eigenvalue weighted by molar-refractivity contribution is 7.91.